The van der Waals surface area contributed by atoms with Crippen molar-refractivity contribution in [3.8, 4) is 5.75 Å². The second kappa shape index (κ2) is 19.0. The van der Waals surface area contributed by atoms with Crippen molar-refractivity contribution < 1.29 is 4.74 Å². The third-order valence-electron chi connectivity index (χ3n) is 4.53. The molecule has 0 aliphatic heterocycles. The summed E-state index contributed by atoms with van der Waals surface area (Å²) in [6, 6.07) is 13.2. The van der Waals surface area contributed by atoms with Gasteiger partial charge < -0.3 is 10.5 Å². The molecule has 0 aliphatic rings. The molecular formula is C27H40N6O. The molecular weight excluding hydrogens is 424 g/mol. The molecule has 0 atom stereocenters. The Bertz CT molecular complexity index is 893. The highest BCUT2D eigenvalue weighted by atomic mass is 16.5. The van der Waals surface area contributed by atoms with Crippen LogP contribution in [0.3, 0.4) is 0 Å². The number of nitrogens with two attached hydrogens (primary N) is 1. The van der Waals surface area contributed by atoms with Crippen LogP contribution < -0.4 is 10.5 Å². The number of pyridine rings is 1. The van der Waals surface area contributed by atoms with Gasteiger partial charge in [-0.2, -0.15) is 5.10 Å². The predicted octanol–water partition coefficient (Wildman–Crippen LogP) is 6.35. The van der Waals surface area contributed by atoms with Gasteiger partial charge in [0, 0.05) is 12.7 Å². The average molecular weight is 465 g/mol. The molecule has 2 N–H and O–H groups in total. The molecule has 0 bridgehead atoms. The number of hydrogen-bond donors (Lipinski definition) is 1. The Balaban J connectivity index is 0.00000107. The minimum atomic E-state index is 0.403. The summed E-state index contributed by atoms with van der Waals surface area (Å²) < 4.78 is 7.70. The zero-order valence-corrected chi connectivity index (χ0v) is 20.9. The second-order valence-electron chi connectivity index (χ2n) is 7.24. The van der Waals surface area contributed by atoms with Gasteiger partial charge in [-0.3, -0.25) is 9.67 Å². The number of unbranched alkanes of at least 4 members (excludes halogenated alkanes) is 5. The molecule has 0 spiro atoms. The molecule has 0 aliphatic carbocycles. The predicted molar refractivity (Wildman–Crippen MR) is 142 cm³/mol. The molecule has 0 saturated heterocycles. The van der Waals surface area contributed by atoms with E-state index in [1.54, 1.807) is 24.9 Å². The highest BCUT2D eigenvalue weighted by Gasteiger charge is 2.00. The molecule has 2 heterocycles. The minimum absolute atomic E-state index is 0.403. The van der Waals surface area contributed by atoms with E-state index in [9.17, 15) is 0 Å². The summed E-state index contributed by atoms with van der Waals surface area (Å²) >= 11 is 0. The van der Waals surface area contributed by atoms with Crippen LogP contribution in [0.1, 0.15) is 65.0 Å². The Hall–Kier alpha value is -3.48. The first-order chi connectivity index (χ1) is 16.7. The number of rotatable bonds is 12. The molecule has 0 fully saturated rings. The molecule has 7 nitrogen and oxygen atoms in total. The topological polar surface area (TPSA) is 91.2 Å². The zero-order chi connectivity index (χ0) is 24.9. The van der Waals surface area contributed by atoms with Crippen molar-refractivity contribution in [1.29, 1.82) is 0 Å². The van der Waals surface area contributed by atoms with Gasteiger partial charge in [0.1, 0.15) is 29.9 Å². The Morgan fingerprint density at radius 3 is 2.32 bits per heavy atom. The molecule has 0 unspecified atom stereocenters. The van der Waals surface area contributed by atoms with Crippen LogP contribution in [-0.2, 0) is 6.54 Å². The first-order valence-electron chi connectivity index (χ1n) is 12.1. The summed E-state index contributed by atoms with van der Waals surface area (Å²) in [6.45, 7) is 10.9. The van der Waals surface area contributed by atoms with Gasteiger partial charge in [-0.05, 0) is 56.2 Å². The Labute approximate surface area is 204 Å². The highest BCUT2D eigenvalue weighted by Crippen LogP contribution is 2.19. The number of aryl methyl sites for hydroxylation is 1. The molecule has 0 saturated carbocycles. The van der Waals surface area contributed by atoms with Crippen LogP contribution in [-0.4, -0.2) is 32.2 Å². The van der Waals surface area contributed by atoms with Crippen molar-refractivity contribution >= 4 is 11.5 Å². The Morgan fingerprint density at radius 2 is 1.71 bits per heavy atom. The van der Waals surface area contributed by atoms with E-state index < -0.39 is 0 Å². The lowest BCUT2D eigenvalue weighted by Gasteiger charge is -2.07. The lowest BCUT2D eigenvalue weighted by Crippen LogP contribution is -2.14. The molecule has 2 aromatic heterocycles. The van der Waals surface area contributed by atoms with Crippen LogP contribution in [0.5, 0.6) is 5.75 Å². The van der Waals surface area contributed by atoms with Crippen molar-refractivity contribution in [1.82, 2.24) is 19.7 Å². The van der Waals surface area contributed by atoms with Crippen molar-refractivity contribution in [2.45, 2.75) is 65.8 Å². The SMILES string of the molecule is C=CC.CC.NC(=Nc1ccc(OCCCCCCCCn2cncn2)cc1)c1ccccn1. The molecule has 7 heteroatoms. The summed E-state index contributed by atoms with van der Waals surface area (Å²) in [6.07, 6.45) is 13.9. The number of aromatic nitrogens is 4. The van der Waals surface area contributed by atoms with Crippen molar-refractivity contribution in [2.75, 3.05) is 6.61 Å². The van der Waals surface area contributed by atoms with E-state index in [0.717, 1.165) is 37.4 Å². The van der Waals surface area contributed by atoms with Crippen LogP contribution in [0.2, 0.25) is 0 Å². The fraction of sp³-hybridized carbons (Fsp3) is 0.407. The Kier molecular flexibility index (Phi) is 16.0. The molecule has 0 amide bonds. The van der Waals surface area contributed by atoms with E-state index in [0.29, 0.717) is 11.5 Å². The molecule has 3 rings (SSSR count). The quantitative estimate of drug-likeness (QED) is 0.146. The van der Waals surface area contributed by atoms with Gasteiger partial charge in [-0.1, -0.05) is 51.7 Å². The van der Waals surface area contributed by atoms with Crippen LogP contribution in [0.25, 0.3) is 0 Å². The van der Waals surface area contributed by atoms with E-state index in [1.807, 2.05) is 67.9 Å². The normalized spacial score (nSPS) is 10.4. The van der Waals surface area contributed by atoms with Crippen LogP contribution in [0.15, 0.2) is 79.0 Å². The van der Waals surface area contributed by atoms with Gasteiger partial charge in [0.2, 0.25) is 0 Å². The van der Waals surface area contributed by atoms with Crippen LogP contribution in [0, 0.1) is 0 Å². The smallest absolute Gasteiger partial charge is 0.150 e. The third kappa shape index (κ3) is 12.5. The zero-order valence-electron chi connectivity index (χ0n) is 20.9. The second-order valence-corrected chi connectivity index (χ2v) is 7.24. The summed E-state index contributed by atoms with van der Waals surface area (Å²) in [4.78, 5) is 12.5. The minimum Gasteiger partial charge on any atom is -0.494 e. The third-order valence-corrected chi connectivity index (χ3v) is 4.53. The van der Waals surface area contributed by atoms with Gasteiger partial charge in [-0.15, -0.1) is 6.58 Å². The largest absolute Gasteiger partial charge is 0.494 e. The van der Waals surface area contributed by atoms with Crippen molar-refractivity contribution in [3.05, 3.63) is 79.7 Å². The molecule has 1 aromatic carbocycles. The van der Waals surface area contributed by atoms with Gasteiger partial charge >= 0.3 is 0 Å². The molecule has 0 radical (unpaired) electrons. The summed E-state index contributed by atoms with van der Waals surface area (Å²) in [5, 5.41) is 4.11. The van der Waals surface area contributed by atoms with Crippen molar-refractivity contribution in [2.24, 2.45) is 10.7 Å². The van der Waals surface area contributed by atoms with Crippen LogP contribution >= 0.6 is 0 Å². The highest BCUT2D eigenvalue weighted by molar-refractivity contribution is 5.97. The molecule has 34 heavy (non-hydrogen) atoms. The van der Waals surface area contributed by atoms with Gasteiger partial charge in [0.15, 0.2) is 0 Å². The maximum Gasteiger partial charge on any atom is 0.150 e. The van der Waals surface area contributed by atoms with E-state index in [2.05, 4.69) is 26.6 Å². The number of ether oxygens (including phenoxy) is 1. The number of benzene rings is 1. The van der Waals surface area contributed by atoms with E-state index >= 15 is 0 Å². The molecule has 3 aromatic rings. The number of hydrogen-bond acceptors (Lipinski definition) is 5. The monoisotopic (exact) mass is 464 g/mol. The number of aliphatic imine (C=N–C) groups is 1. The van der Waals surface area contributed by atoms with Gasteiger partial charge in [-0.25, -0.2) is 9.98 Å². The fourth-order valence-electron chi connectivity index (χ4n) is 2.95. The number of amidine groups is 1. The van der Waals surface area contributed by atoms with E-state index in [1.165, 1.54) is 25.7 Å². The number of nitrogens with zero attached hydrogens (tertiary/aromatic N) is 5. The Morgan fingerprint density at radius 1 is 1.03 bits per heavy atom. The standard InChI is InChI=1S/C22H28N6O.C3H6.C2H6/c23-22(21-9-5-6-14-25-21)27-19-10-12-20(13-11-19)29-16-8-4-2-1-3-7-15-28-18-24-17-26-28;1-3-2;1-2/h5-6,9-14,17-18H,1-4,7-8,15-16H2,(H2,23,27);3H,1H2,2H3;1-2H3. The summed E-state index contributed by atoms with van der Waals surface area (Å²) in [7, 11) is 0. The van der Waals surface area contributed by atoms with E-state index in [-0.39, 0.29) is 0 Å². The van der Waals surface area contributed by atoms with Gasteiger partial charge in [0.25, 0.3) is 0 Å². The fourth-order valence-corrected chi connectivity index (χ4v) is 2.95. The maximum atomic E-state index is 6.00. The van der Waals surface area contributed by atoms with Gasteiger partial charge in [0.05, 0.1) is 12.3 Å². The van der Waals surface area contributed by atoms with Crippen LogP contribution in [0.4, 0.5) is 5.69 Å². The first kappa shape index (κ1) is 28.6. The lowest BCUT2D eigenvalue weighted by atomic mass is 10.1. The maximum absolute atomic E-state index is 6.00. The van der Waals surface area contributed by atoms with Crippen molar-refractivity contribution in [3.63, 3.8) is 0 Å². The molecule has 184 valence electrons. The average Bonchev–Trinajstić information content (AvgIpc) is 3.40. The number of allylic oxidation sites excluding steroid dienone is 1. The summed E-state index contributed by atoms with van der Waals surface area (Å²) in [5.41, 5.74) is 7.45. The lowest BCUT2D eigenvalue weighted by molar-refractivity contribution is 0.304. The summed E-state index contributed by atoms with van der Waals surface area (Å²) in [5.74, 6) is 1.26. The van der Waals surface area contributed by atoms with E-state index in [4.69, 9.17) is 10.5 Å². The first-order valence-corrected chi connectivity index (χ1v) is 12.1.